The van der Waals surface area contributed by atoms with Crippen LogP contribution in [0, 0.1) is 0 Å². The Balaban J connectivity index is 2.79. The maximum Gasteiger partial charge on any atom is 0.275 e. The van der Waals surface area contributed by atoms with Crippen molar-refractivity contribution in [1.29, 1.82) is 0 Å². The summed E-state index contributed by atoms with van der Waals surface area (Å²) >= 11 is 18.0. The van der Waals surface area contributed by atoms with E-state index in [1.807, 2.05) is 30.3 Å². The van der Waals surface area contributed by atoms with Crippen LogP contribution in [0.4, 0.5) is 0 Å². The highest BCUT2D eigenvalue weighted by Gasteiger charge is 2.11. The number of rotatable bonds is 4. The normalized spacial score (nSPS) is 12.9. The van der Waals surface area contributed by atoms with Gasteiger partial charge in [-0.25, -0.2) is 0 Å². The van der Waals surface area contributed by atoms with E-state index in [9.17, 15) is 4.57 Å². The van der Waals surface area contributed by atoms with Crippen LogP contribution in [0.1, 0.15) is 0 Å². The van der Waals surface area contributed by atoms with Crippen LogP contribution in [-0.4, -0.2) is 5.88 Å². The van der Waals surface area contributed by atoms with Gasteiger partial charge in [-0.15, -0.1) is 11.6 Å². The number of thioether (sulfide) groups is 1. The van der Waals surface area contributed by atoms with Crippen molar-refractivity contribution >= 4 is 51.7 Å². The van der Waals surface area contributed by atoms with Crippen LogP contribution in [0.25, 0.3) is 0 Å². The summed E-state index contributed by atoms with van der Waals surface area (Å²) in [4.78, 5) is 1.70. The molecule has 0 saturated carbocycles. The van der Waals surface area contributed by atoms with Gasteiger partial charge >= 0.3 is 0 Å². The summed E-state index contributed by atoms with van der Waals surface area (Å²) in [6.07, 6.45) is 0. The predicted octanol–water partition coefficient (Wildman–Crippen LogP) is 5.53. The van der Waals surface area contributed by atoms with Gasteiger partial charge in [0.25, 0.3) is 5.85 Å². The van der Waals surface area contributed by atoms with Crippen LogP contribution >= 0.6 is 51.7 Å². The quantitative estimate of drug-likeness (QED) is 0.413. The van der Waals surface area contributed by atoms with E-state index in [-0.39, 0.29) is 5.88 Å². The Bertz CT molecular complexity index is 388. The van der Waals surface area contributed by atoms with E-state index in [2.05, 4.69) is 0 Å². The van der Waals surface area contributed by atoms with Gasteiger partial charge in [0.15, 0.2) is 0 Å². The van der Waals surface area contributed by atoms with Crippen LogP contribution in [0.15, 0.2) is 45.9 Å². The Kier molecular flexibility index (Phi) is 5.59. The predicted molar refractivity (Wildman–Crippen MR) is 70.4 cm³/mol. The molecule has 6 heteroatoms. The third-order valence-electron chi connectivity index (χ3n) is 1.42. The Morgan fingerprint density at radius 2 is 1.93 bits per heavy atom. The van der Waals surface area contributed by atoms with Crippen molar-refractivity contribution in [1.82, 2.24) is 0 Å². The van der Waals surface area contributed by atoms with Gasteiger partial charge < -0.3 is 0 Å². The van der Waals surface area contributed by atoms with Crippen molar-refractivity contribution in [3.63, 3.8) is 0 Å². The zero-order chi connectivity index (χ0) is 11.3. The van der Waals surface area contributed by atoms with Crippen molar-refractivity contribution in [3.05, 3.63) is 41.1 Å². The Morgan fingerprint density at radius 1 is 1.33 bits per heavy atom. The number of halogens is 3. The average Bonchev–Trinajstić information content (AvgIpc) is 2.16. The van der Waals surface area contributed by atoms with E-state index in [1.165, 1.54) is 17.6 Å². The van der Waals surface area contributed by atoms with E-state index in [0.29, 0.717) is 4.91 Å². The van der Waals surface area contributed by atoms with Gasteiger partial charge in [-0.1, -0.05) is 30.0 Å². The fourth-order valence-corrected chi connectivity index (χ4v) is 4.03. The summed E-state index contributed by atoms with van der Waals surface area (Å²) < 4.78 is 11.2. The second-order valence-electron chi connectivity index (χ2n) is 2.65. The Hall–Kier alpha value is 0.410. The molecule has 0 unspecified atom stereocenters. The molecule has 0 radical (unpaired) electrons. The fraction of sp³-hybridized carbons (Fsp3) is 0.111. The lowest BCUT2D eigenvalue weighted by Gasteiger charge is -2.03. The highest BCUT2D eigenvalue weighted by molar-refractivity contribution is 8.11. The Labute approximate surface area is 108 Å². The maximum atomic E-state index is 11.2. The molecular formula is C9H8Cl3OPS. The number of benzene rings is 1. The highest BCUT2D eigenvalue weighted by Crippen LogP contribution is 2.59. The molecule has 0 aliphatic carbocycles. The van der Waals surface area contributed by atoms with Crippen molar-refractivity contribution in [2.75, 3.05) is 5.88 Å². The third-order valence-corrected chi connectivity index (χ3v) is 4.27. The largest absolute Gasteiger partial charge is 0.285 e. The average molecular weight is 302 g/mol. The molecule has 0 atom stereocenters. The van der Waals surface area contributed by atoms with Crippen LogP contribution in [-0.2, 0) is 4.57 Å². The van der Waals surface area contributed by atoms with Gasteiger partial charge in [0.1, 0.15) is 0 Å². The molecule has 1 aromatic carbocycles. The summed E-state index contributed by atoms with van der Waals surface area (Å²) in [5, 5.41) is 0. The third kappa shape index (κ3) is 5.89. The summed E-state index contributed by atoms with van der Waals surface area (Å²) in [7, 11) is 0. The molecule has 0 heterocycles. The van der Waals surface area contributed by atoms with Gasteiger partial charge in [-0.3, -0.25) is 4.57 Å². The lowest BCUT2D eigenvalue weighted by Crippen LogP contribution is -1.78. The molecule has 0 saturated heterocycles. The first-order valence-corrected chi connectivity index (χ1v) is 8.94. The molecular weight excluding hydrogens is 293 g/mol. The SMILES string of the molecule is O=P(Cl)(Cl)/C=C(\CCl)Sc1ccccc1. The van der Waals surface area contributed by atoms with Gasteiger partial charge in [0.05, 0.1) is 5.88 Å². The molecule has 1 rings (SSSR count). The number of alkyl halides is 1. The van der Waals surface area contributed by atoms with Crippen molar-refractivity contribution in [3.8, 4) is 0 Å². The minimum absolute atomic E-state index is 0.239. The second-order valence-corrected chi connectivity index (χ2v) is 8.91. The molecule has 0 N–H and O–H groups in total. The first-order valence-electron chi connectivity index (χ1n) is 4.01. The molecule has 1 aromatic rings. The molecule has 0 aliphatic heterocycles. The highest BCUT2D eigenvalue weighted by atomic mass is 35.9. The van der Waals surface area contributed by atoms with Crippen LogP contribution < -0.4 is 0 Å². The van der Waals surface area contributed by atoms with Crippen molar-refractivity contribution in [2.24, 2.45) is 0 Å². The van der Waals surface area contributed by atoms with Gasteiger partial charge in [-0.2, -0.15) is 0 Å². The molecule has 0 amide bonds. The van der Waals surface area contributed by atoms with E-state index < -0.39 is 5.85 Å². The monoisotopic (exact) mass is 300 g/mol. The standard InChI is InChI=1S/C9H8Cl3OPS/c10-6-9(7-14(11,12)13)15-8-4-2-1-3-5-8/h1-5,7H,6H2/b9-7+. The lowest BCUT2D eigenvalue weighted by molar-refractivity contribution is 0.597. The topological polar surface area (TPSA) is 17.1 Å². The zero-order valence-electron chi connectivity index (χ0n) is 7.57. The van der Waals surface area contributed by atoms with E-state index in [1.54, 1.807) is 0 Å². The molecule has 0 aliphatic rings. The summed E-state index contributed by atoms with van der Waals surface area (Å²) in [6, 6.07) is 9.60. The van der Waals surface area contributed by atoms with Crippen LogP contribution in [0.5, 0.6) is 0 Å². The summed E-state index contributed by atoms with van der Waals surface area (Å²) in [6.45, 7) is 0. The fourth-order valence-electron chi connectivity index (χ4n) is 0.896. The minimum atomic E-state index is -3.20. The van der Waals surface area contributed by atoms with Crippen molar-refractivity contribution < 1.29 is 4.57 Å². The maximum absolute atomic E-state index is 11.2. The molecule has 0 bridgehead atoms. The van der Waals surface area contributed by atoms with Crippen LogP contribution in [0.2, 0.25) is 0 Å². The van der Waals surface area contributed by atoms with E-state index >= 15 is 0 Å². The van der Waals surface area contributed by atoms with E-state index in [4.69, 9.17) is 34.1 Å². The molecule has 0 spiro atoms. The second kappa shape index (κ2) is 6.22. The molecule has 82 valence electrons. The number of allylic oxidation sites excluding steroid dienone is 1. The Morgan fingerprint density at radius 3 is 2.40 bits per heavy atom. The molecule has 0 aromatic heterocycles. The molecule has 1 nitrogen and oxygen atoms in total. The smallest absolute Gasteiger partial charge is 0.275 e. The zero-order valence-corrected chi connectivity index (χ0v) is 11.5. The number of hydrogen-bond acceptors (Lipinski definition) is 2. The lowest BCUT2D eigenvalue weighted by atomic mass is 10.4. The van der Waals surface area contributed by atoms with Gasteiger partial charge in [0, 0.05) is 15.6 Å². The van der Waals surface area contributed by atoms with E-state index in [0.717, 1.165) is 4.90 Å². The first-order chi connectivity index (χ1) is 7.01. The first kappa shape index (κ1) is 13.5. The van der Waals surface area contributed by atoms with Gasteiger partial charge in [0.2, 0.25) is 0 Å². The van der Waals surface area contributed by atoms with Crippen molar-refractivity contribution in [2.45, 2.75) is 4.90 Å². The number of hydrogen-bond donors (Lipinski definition) is 0. The summed E-state index contributed by atoms with van der Waals surface area (Å²) in [5.41, 5.74) is 0. The van der Waals surface area contributed by atoms with Crippen LogP contribution in [0.3, 0.4) is 0 Å². The molecule has 0 fully saturated rings. The molecule has 15 heavy (non-hydrogen) atoms. The minimum Gasteiger partial charge on any atom is -0.285 e. The van der Waals surface area contributed by atoms with Gasteiger partial charge in [-0.05, 0) is 34.6 Å². The summed E-state index contributed by atoms with van der Waals surface area (Å²) in [5.74, 6) is -1.64.